The predicted molar refractivity (Wildman–Crippen MR) is 124 cm³/mol. The molecule has 2 heterocycles. The zero-order valence-corrected chi connectivity index (χ0v) is 19.0. The average Bonchev–Trinajstić information content (AvgIpc) is 2.80. The third kappa shape index (κ3) is 4.65. The van der Waals surface area contributed by atoms with E-state index in [-0.39, 0.29) is 30.2 Å². The molecule has 0 saturated heterocycles. The number of fused-ring (bicyclic) bond motifs is 1. The number of carbonyl (C=O) groups excluding carboxylic acids is 1. The zero-order chi connectivity index (χ0) is 24.4. The number of anilines is 3. The molecule has 9 heteroatoms. The normalized spacial score (nSPS) is 15.0. The summed E-state index contributed by atoms with van der Waals surface area (Å²) in [6, 6.07) is 10.3. The summed E-state index contributed by atoms with van der Waals surface area (Å²) in [4.78, 5) is 19.3. The fraction of sp³-hybridized carbons (Fsp3) is 0.280. The minimum absolute atomic E-state index is 0.0604. The van der Waals surface area contributed by atoms with Crippen molar-refractivity contribution in [1.82, 2.24) is 4.98 Å². The van der Waals surface area contributed by atoms with Gasteiger partial charge in [0.25, 0.3) is 5.91 Å². The van der Waals surface area contributed by atoms with Crippen LogP contribution in [0.2, 0.25) is 0 Å². The highest BCUT2D eigenvalue weighted by Crippen LogP contribution is 2.41. The van der Waals surface area contributed by atoms with Crippen molar-refractivity contribution in [3.8, 4) is 11.5 Å². The molecular weight excluding hydrogens is 444 g/mol. The Kier molecular flexibility index (Phi) is 6.65. The lowest BCUT2D eigenvalue weighted by Crippen LogP contribution is -2.43. The summed E-state index contributed by atoms with van der Waals surface area (Å²) in [5.41, 5.74) is 1.65. The summed E-state index contributed by atoms with van der Waals surface area (Å²) < 4.78 is 39.7. The Bertz CT molecular complexity index is 1180. The first-order valence-electron chi connectivity index (χ1n) is 10.8. The minimum Gasteiger partial charge on any atom is -0.488 e. The molecule has 7 nitrogen and oxygen atoms in total. The molecule has 34 heavy (non-hydrogen) atoms. The van der Waals surface area contributed by atoms with Crippen LogP contribution in [0.15, 0.2) is 48.7 Å². The highest BCUT2D eigenvalue weighted by atomic mass is 19.1. The van der Waals surface area contributed by atoms with Gasteiger partial charge in [0.15, 0.2) is 23.1 Å². The number of rotatable bonds is 6. The van der Waals surface area contributed by atoms with E-state index < -0.39 is 35.4 Å². The third-order valence-electron chi connectivity index (χ3n) is 5.25. The highest BCUT2D eigenvalue weighted by molar-refractivity contribution is 6.07. The summed E-state index contributed by atoms with van der Waals surface area (Å²) in [6.07, 6.45) is 1.30. The third-order valence-corrected chi connectivity index (χ3v) is 5.25. The molecule has 0 fully saturated rings. The second-order valence-electron chi connectivity index (χ2n) is 8.25. The molecule has 0 saturated carbocycles. The largest absolute Gasteiger partial charge is 0.488 e. The van der Waals surface area contributed by atoms with Crippen LogP contribution in [0.4, 0.5) is 26.0 Å². The number of carbonyl (C=O) groups is 1. The number of aliphatic hydroxyl groups excluding tert-OH is 1. The highest BCUT2D eigenvalue weighted by Gasteiger charge is 2.32. The van der Waals surface area contributed by atoms with Crippen molar-refractivity contribution in [1.29, 1.82) is 0 Å². The van der Waals surface area contributed by atoms with E-state index in [2.05, 4.69) is 10.3 Å². The first-order chi connectivity index (χ1) is 16.3. The van der Waals surface area contributed by atoms with Crippen LogP contribution < -0.4 is 19.7 Å². The van der Waals surface area contributed by atoms with E-state index in [1.165, 1.54) is 0 Å². The van der Waals surface area contributed by atoms with Crippen molar-refractivity contribution < 1.29 is 28.2 Å². The number of aromatic nitrogens is 1. The van der Waals surface area contributed by atoms with Crippen molar-refractivity contribution >= 4 is 23.1 Å². The standard InChI is InChI=1S/C25H25F2N3O4/c1-14(2)34-24-19(26)9-16(10-20(24)27)29-25(32)18-5-4-6-21-23(18)33-13-17(12-31)30(21)22-8-7-15(3)11-28-22/h4-11,14,17,31H,12-13H2,1-3H3,(H,29,32)/t17-/m0/s1. The van der Waals surface area contributed by atoms with Crippen LogP contribution in [-0.4, -0.2) is 41.4 Å². The molecule has 0 unspecified atom stereocenters. The topological polar surface area (TPSA) is 83.9 Å². The Morgan fingerprint density at radius 1 is 1.26 bits per heavy atom. The first-order valence-corrected chi connectivity index (χ1v) is 10.8. The van der Waals surface area contributed by atoms with Crippen LogP contribution in [-0.2, 0) is 0 Å². The van der Waals surface area contributed by atoms with Gasteiger partial charge in [-0.05, 0) is 44.5 Å². The molecule has 1 aliphatic rings. The smallest absolute Gasteiger partial charge is 0.259 e. The van der Waals surface area contributed by atoms with Gasteiger partial charge in [-0.25, -0.2) is 13.8 Å². The van der Waals surface area contributed by atoms with Crippen LogP contribution in [0.3, 0.4) is 0 Å². The molecule has 0 radical (unpaired) electrons. The molecular formula is C25H25F2N3O4. The van der Waals surface area contributed by atoms with Gasteiger partial charge in [0.05, 0.1) is 30.0 Å². The van der Waals surface area contributed by atoms with E-state index in [1.54, 1.807) is 38.2 Å². The van der Waals surface area contributed by atoms with Crippen molar-refractivity contribution in [3.63, 3.8) is 0 Å². The van der Waals surface area contributed by atoms with Crippen LogP contribution in [0, 0.1) is 18.6 Å². The number of nitrogens with zero attached hydrogens (tertiary/aromatic N) is 2. The molecule has 2 N–H and O–H groups in total. The molecule has 0 aliphatic carbocycles. The number of benzene rings is 2. The first kappa shape index (κ1) is 23.4. The number of nitrogens with one attached hydrogen (secondary N) is 1. The monoisotopic (exact) mass is 469 g/mol. The molecule has 2 aromatic carbocycles. The van der Waals surface area contributed by atoms with Gasteiger partial charge in [-0.3, -0.25) is 4.79 Å². The Hall–Kier alpha value is -3.72. The number of aliphatic hydroxyl groups is 1. The van der Waals surface area contributed by atoms with Gasteiger partial charge in [-0.2, -0.15) is 0 Å². The van der Waals surface area contributed by atoms with Crippen LogP contribution >= 0.6 is 0 Å². The molecule has 1 atom stereocenters. The fourth-order valence-corrected chi connectivity index (χ4v) is 3.72. The van der Waals surface area contributed by atoms with Crippen molar-refractivity contribution in [2.75, 3.05) is 23.4 Å². The Balaban J connectivity index is 1.66. The summed E-state index contributed by atoms with van der Waals surface area (Å²) in [5.74, 6) is -2.06. The number of hydrogen-bond acceptors (Lipinski definition) is 6. The van der Waals surface area contributed by atoms with Gasteiger partial charge >= 0.3 is 0 Å². The summed E-state index contributed by atoms with van der Waals surface area (Å²) in [5, 5.41) is 12.4. The van der Waals surface area contributed by atoms with Crippen LogP contribution in [0.1, 0.15) is 29.8 Å². The lowest BCUT2D eigenvalue weighted by molar-refractivity contribution is 0.102. The van der Waals surface area contributed by atoms with Gasteiger partial charge in [0.2, 0.25) is 0 Å². The maximum atomic E-state index is 14.4. The molecule has 1 aromatic heterocycles. The Morgan fingerprint density at radius 2 is 2.00 bits per heavy atom. The molecule has 0 spiro atoms. The molecule has 1 aliphatic heterocycles. The number of amides is 1. The number of hydrogen-bond donors (Lipinski definition) is 2. The quantitative estimate of drug-likeness (QED) is 0.549. The molecule has 1 amide bonds. The van der Waals surface area contributed by atoms with E-state index in [0.717, 1.165) is 17.7 Å². The molecule has 4 rings (SSSR count). The predicted octanol–water partition coefficient (Wildman–Crippen LogP) is 4.60. The van der Waals surface area contributed by atoms with E-state index >= 15 is 0 Å². The second kappa shape index (κ2) is 9.64. The molecule has 178 valence electrons. The fourth-order valence-electron chi connectivity index (χ4n) is 3.72. The van der Waals surface area contributed by atoms with Gasteiger partial charge in [-0.1, -0.05) is 12.1 Å². The maximum Gasteiger partial charge on any atom is 0.259 e. The Morgan fingerprint density at radius 3 is 2.62 bits per heavy atom. The van der Waals surface area contributed by atoms with Crippen LogP contribution in [0.25, 0.3) is 0 Å². The number of aryl methyl sites for hydroxylation is 1. The second-order valence-corrected chi connectivity index (χ2v) is 8.25. The van der Waals surface area contributed by atoms with Crippen molar-refractivity contribution in [2.24, 2.45) is 0 Å². The summed E-state index contributed by atoms with van der Waals surface area (Å²) in [7, 11) is 0. The van der Waals surface area contributed by atoms with E-state index in [0.29, 0.717) is 11.5 Å². The minimum atomic E-state index is -0.919. The molecule has 0 bridgehead atoms. The lowest BCUT2D eigenvalue weighted by Gasteiger charge is -2.37. The van der Waals surface area contributed by atoms with E-state index in [1.807, 2.05) is 24.0 Å². The van der Waals surface area contributed by atoms with Gasteiger partial charge in [-0.15, -0.1) is 0 Å². The average molecular weight is 469 g/mol. The SMILES string of the molecule is Cc1ccc(N2c3cccc(C(=O)Nc4cc(F)c(OC(C)C)c(F)c4)c3OC[C@@H]2CO)nc1. The van der Waals surface area contributed by atoms with E-state index in [9.17, 15) is 18.7 Å². The van der Waals surface area contributed by atoms with Crippen LogP contribution in [0.5, 0.6) is 11.5 Å². The zero-order valence-electron chi connectivity index (χ0n) is 19.0. The van der Waals surface area contributed by atoms with Crippen molar-refractivity contribution in [3.05, 3.63) is 71.4 Å². The van der Waals surface area contributed by atoms with Crippen molar-refractivity contribution in [2.45, 2.75) is 32.9 Å². The van der Waals surface area contributed by atoms with E-state index in [4.69, 9.17) is 9.47 Å². The Labute approximate surface area is 196 Å². The lowest BCUT2D eigenvalue weighted by atomic mass is 10.1. The van der Waals surface area contributed by atoms with Gasteiger partial charge in [0.1, 0.15) is 12.4 Å². The number of para-hydroxylation sites is 1. The number of pyridine rings is 1. The summed E-state index contributed by atoms with van der Waals surface area (Å²) in [6.45, 7) is 5.17. The maximum absolute atomic E-state index is 14.4. The molecule has 3 aromatic rings. The van der Waals surface area contributed by atoms with Gasteiger partial charge in [0, 0.05) is 24.0 Å². The van der Waals surface area contributed by atoms with Gasteiger partial charge < -0.3 is 24.8 Å². The number of ether oxygens (including phenoxy) is 2. The number of halogens is 2. The summed E-state index contributed by atoms with van der Waals surface area (Å²) >= 11 is 0.